The summed E-state index contributed by atoms with van der Waals surface area (Å²) in [6.07, 6.45) is 4.60. The minimum Gasteiger partial charge on any atom is -0.487 e. The highest BCUT2D eigenvalue weighted by Gasteiger charge is 2.07. The Morgan fingerprint density at radius 1 is 1.29 bits per heavy atom. The first-order valence-corrected chi connectivity index (χ1v) is 9.93. The largest absolute Gasteiger partial charge is 0.487 e. The number of halogens is 1. The molecule has 2 heterocycles. The monoisotopic (exact) mass is 460 g/mol. The predicted molar refractivity (Wildman–Crippen MR) is 111 cm³/mol. The van der Waals surface area contributed by atoms with Crippen LogP contribution in [0.3, 0.4) is 0 Å². The number of amides is 2. The van der Waals surface area contributed by atoms with E-state index in [1.807, 2.05) is 36.6 Å². The second kappa shape index (κ2) is 9.34. The van der Waals surface area contributed by atoms with Crippen LogP contribution in [0.2, 0.25) is 0 Å². The SMILES string of the molecule is Cc1nc(COc2ccc(/C=C/C(=O)NNC(=O)c3cc(Br)c[nH]3)cc2)cs1. The lowest BCUT2D eigenvalue weighted by molar-refractivity contribution is -0.117. The summed E-state index contributed by atoms with van der Waals surface area (Å²) in [5.41, 5.74) is 6.70. The molecule has 0 aliphatic heterocycles. The fourth-order valence-electron chi connectivity index (χ4n) is 2.21. The van der Waals surface area contributed by atoms with Crippen molar-refractivity contribution in [2.45, 2.75) is 13.5 Å². The highest BCUT2D eigenvalue weighted by Crippen LogP contribution is 2.16. The number of hydrogen-bond donors (Lipinski definition) is 3. The van der Waals surface area contributed by atoms with E-state index in [4.69, 9.17) is 4.74 Å². The molecule has 28 heavy (non-hydrogen) atoms. The molecule has 7 nitrogen and oxygen atoms in total. The first-order valence-electron chi connectivity index (χ1n) is 8.26. The number of aromatic amines is 1. The summed E-state index contributed by atoms with van der Waals surface area (Å²) in [4.78, 5) is 30.8. The van der Waals surface area contributed by atoms with E-state index in [1.165, 1.54) is 6.08 Å². The van der Waals surface area contributed by atoms with E-state index in [-0.39, 0.29) is 0 Å². The highest BCUT2D eigenvalue weighted by molar-refractivity contribution is 9.10. The maximum Gasteiger partial charge on any atom is 0.286 e. The average molecular weight is 461 g/mol. The van der Waals surface area contributed by atoms with Crippen LogP contribution < -0.4 is 15.6 Å². The normalized spacial score (nSPS) is 10.8. The Hall–Kier alpha value is -2.91. The van der Waals surface area contributed by atoms with Crippen molar-refractivity contribution < 1.29 is 14.3 Å². The van der Waals surface area contributed by atoms with Gasteiger partial charge in [-0.25, -0.2) is 4.98 Å². The number of aromatic nitrogens is 2. The number of hydrogen-bond acceptors (Lipinski definition) is 5. The molecule has 3 N–H and O–H groups in total. The van der Waals surface area contributed by atoms with Crippen LogP contribution >= 0.6 is 27.3 Å². The molecule has 3 rings (SSSR count). The molecule has 144 valence electrons. The van der Waals surface area contributed by atoms with Crippen molar-refractivity contribution in [3.63, 3.8) is 0 Å². The number of benzene rings is 1. The molecule has 0 unspecified atom stereocenters. The summed E-state index contributed by atoms with van der Waals surface area (Å²) in [6, 6.07) is 8.92. The van der Waals surface area contributed by atoms with Gasteiger partial charge in [-0.3, -0.25) is 20.4 Å². The summed E-state index contributed by atoms with van der Waals surface area (Å²) < 4.78 is 6.43. The Bertz CT molecular complexity index is 995. The van der Waals surface area contributed by atoms with E-state index in [0.717, 1.165) is 26.5 Å². The van der Waals surface area contributed by atoms with Crippen molar-refractivity contribution in [2.24, 2.45) is 0 Å². The topological polar surface area (TPSA) is 96.1 Å². The summed E-state index contributed by atoms with van der Waals surface area (Å²) in [5.74, 6) is -0.168. The van der Waals surface area contributed by atoms with Gasteiger partial charge in [0.05, 0.1) is 10.7 Å². The van der Waals surface area contributed by atoms with Gasteiger partial charge in [0.1, 0.15) is 18.1 Å². The molecule has 3 aromatic rings. The van der Waals surface area contributed by atoms with Crippen molar-refractivity contribution in [1.29, 1.82) is 0 Å². The van der Waals surface area contributed by atoms with Gasteiger partial charge in [0.25, 0.3) is 11.8 Å². The lowest BCUT2D eigenvalue weighted by Crippen LogP contribution is -2.40. The van der Waals surface area contributed by atoms with Crippen LogP contribution in [0.1, 0.15) is 26.8 Å². The molecule has 1 aromatic carbocycles. The maximum atomic E-state index is 11.8. The second-order valence-corrected chi connectivity index (χ2v) is 7.70. The molecular weight excluding hydrogens is 444 g/mol. The second-order valence-electron chi connectivity index (χ2n) is 5.72. The first-order chi connectivity index (χ1) is 13.5. The van der Waals surface area contributed by atoms with E-state index in [9.17, 15) is 9.59 Å². The number of H-pyrrole nitrogens is 1. The number of thiazole rings is 1. The highest BCUT2D eigenvalue weighted by atomic mass is 79.9. The molecule has 0 fully saturated rings. The first kappa shape index (κ1) is 19.8. The zero-order valence-electron chi connectivity index (χ0n) is 14.9. The number of carbonyl (C=O) groups is 2. The molecule has 0 saturated heterocycles. The molecule has 0 atom stereocenters. The molecular formula is C19H17BrN4O3S. The number of nitrogens with one attached hydrogen (secondary N) is 3. The fraction of sp³-hybridized carbons (Fsp3) is 0.105. The summed E-state index contributed by atoms with van der Waals surface area (Å²) in [7, 11) is 0. The molecule has 0 aliphatic rings. The number of ether oxygens (including phenoxy) is 1. The maximum absolute atomic E-state index is 11.8. The number of carbonyl (C=O) groups excluding carboxylic acids is 2. The zero-order valence-corrected chi connectivity index (χ0v) is 17.3. The molecule has 0 radical (unpaired) electrons. The van der Waals surface area contributed by atoms with Crippen molar-refractivity contribution in [3.05, 3.63) is 74.4 Å². The smallest absolute Gasteiger partial charge is 0.286 e. The molecule has 0 aliphatic carbocycles. The van der Waals surface area contributed by atoms with Gasteiger partial charge in [0.15, 0.2) is 0 Å². The van der Waals surface area contributed by atoms with Gasteiger partial charge in [-0.15, -0.1) is 11.3 Å². The predicted octanol–water partition coefficient (Wildman–Crippen LogP) is 3.60. The zero-order chi connectivity index (χ0) is 19.9. The Balaban J connectivity index is 1.45. The van der Waals surface area contributed by atoms with Gasteiger partial charge in [0, 0.05) is 22.1 Å². The molecule has 0 bridgehead atoms. The van der Waals surface area contributed by atoms with E-state index >= 15 is 0 Å². The van der Waals surface area contributed by atoms with Crippen molar-refractivity contribution in [2.75, 3.05) is 0 Å². The van der Waals surface area contributed by atoms with Crippen LogP contribution in [-0.2, 0) is 11.4 Å². The fourth-order valence-corrected chi connectivity index (χ4v) is 3.15. The van der Waals surface area contributed by atoms with Crippen LogP contribution in [0, 0.1) is 6.92 Å². The Kier molecular flexibility index (Phi) is 6.62. The molecule has 2 amide bonds. The van der Waals surface area contributed by atoms with Crippen LogP contribution in [0.5, 0.6) is 5.75 Å². The van der Waals surface area contributed by atoms with Crippen LogP contribution in [0.4, 0.5) is 0 Å². The number of nitrogens with zero attached hydrogens (tertiary/aromatic N) is 1. The third-order valence-electron chi connectivity index (χ3n) is 3.55. The number of aryl methyl sites for hydroxylation is 1. The van der Waals surface area contributed by atoms with Gasteiger partial charge in [0.2, 0.25) is 0 Å². The quantitative estimate of drug-likeness (QED) is 0.386. The Morgan fingerprint density at radius 3 is 2.71 bits per heavy atom. The van der Waals surface area contributed by atoms with Crippen LogP contribution in [0.15, 0.2) is 52.5 Å². The van der Waals surface area contributed by atoms with E-state index in [1.54, 1.807) is 29.7 Å². The lowest BCUT2D eigenvalue weighted by atomic mass is 10.2. The van der Waals surface area contributed by atoms with Crippen molar-refractivity contribution in [1.82, 2.24) is 20.8 Å². The molecule has 9 heteroatoms. The standard InChI is InChI=1S/C19H17BrN4O3S/c1-12-22-15(11-28-12)10-27-16-5-2-13(3-6-16)4-7-18(25)23-24-19(26)17-8-14(20)9-21-17/h2-9,11,21H,10H2,1H3,(H,23,25)(H,24,26)/b7-4+. The van der Waals surface area contributed by atoms with Gasteiger partial charge in [-0.2, -0.15) is 0 Å². The minimum absolute atomic E-state index is 0.333. The van der Waals surface area contributed by atoms with E-state index in [2.05, 4.69) is 36.7 Å². The number of hydrazine groups is 1. The van der Waals surface area contributed by atoms with Gasteiger partial charge >= 0.3 is 0 Å². The van der Waals surface area contributed by atoms with Gasteiger partial charge in [-0.1, -0.05) is 12.1 Å². The molecule has 2 aromatic heterocycles. The lowest BCUT2D eigenvalue weighted by Gasteiger charge is -2.05. The molecule has 0 spiro atoms. The van der Waals surface area contributed by atoms with Crippen LogP contribution in [0.25, 0.3) is 6.08 Å². The third-order valence-corrected chi connectivity index (χ3v) is 4.83. The minimum atomic E-state index is -0.446. The third kappa shape index (κ3) is 5.80. The Morgan fingerprint density at radius 2 is 2.07 bits per heavy atom. The Labute approximate surface area is 173 Å². The number of rotatable bonds is 6. The van der Waals surface area contributed by atoms with Gasteiger partial charge in [-0.05, 0) is 52.7 Å². The van der Waals surface area contributed by atoms with Gasteiger partial charge < -0.3 is 9.72 Å². The average Bonchev–Trinajstić information content (AvgIpc) is 3.31. The summed E-state index contributed by atoms with van der Waals surface area (Å²) in [6.45, 7) is 2.37. The molecule has 0 saturated carbocycles. The van der Waals surface area contributed by atoms with Crippen LogP contribution in [-0.4, -0.2) is 21.8 Å². The van der Waals surface area contributed by atoms with Crippen molar-refractivity contribution >= 4 is 45.2 Å². The van der Waals surface area contributed by atoms with Crippen molar-refractivity contribution in [3.8, 4) is 5.75 Å². The van der Waals surface area contributed by atoms with E-state index < -0.39 is 11.8 Å². The van der Waals surface area contributed by atoms with E-state index in [0.29, 0.717) is 12.3 Å². The summed E-state index contributed by atoms with van der Waals surface area (Å²) >= 11 is 4.83. The summed E-state index contributed by atoms with van der Waals surface area (Å²) in [5, 5.41) is 2.98.